The number of hydrogen-bond donors (Lipinski definition) is 1. The molecule has 1 aliphatic heterocycles. The largest absolute Gasteiger partial charge is 0.497 e. The Hall–Kier alpha value is -2.93. The minimum absolute atomic E-state index is 0.229. The van der Waals surface area contributed by atoms with E-state index in [-0.39, 0.29) is 12.3 Å². The van der Waals surface area contributed by atoms with Crippen LogP contribution in [0, 0.1) is 11.7 Å². The van der Waals surface area contributed by atoms with Crippen molar-refractivity contribution in [3.63, 3.8) is 0 Å². The van der Waals surface area contributed by atoms with Crippen LogP contribution in [0.25, 0.3) is 0 Å². The first-order valence-electron chi connectivity index (χ1n) is 9.41. The van der Waals surface area contributed by atoms with Crippen LogP contribution in [0.5, 0.6) is 5.75 Å². The normalized spacial score (nSPS) is 21.6. The average molecular weight is 400 g/mol. The number of amides is 1. The van der Waals surface area contributed by atoms with E-state index in [0.717, 1.165) is 11.3 Å². The molecule has 0 unspecified atom stereocenters. The van der Waals surface area contributed by atoms with Crippen LogP contribution in [0.3, 0.4) is 0 Å². The highest BCUT2D eigenvalue weighted by Gasteiger charge is 2.47. The molecule has 29 heavy (non-hydrogen) atoms. The van der Waals surface area contributed by atoms with Crippen molar-refractivity contribution in [3.8, 4) is 5.75 Å². The molecule has 0 aliphatic carbocycles. The number of carbonyl (C=O) groups is 2. The van der Waals surface area contributed by atoms with Crippen molar-refractivity contribution in [1.82, 2.24) is 10.2 Å². The SMILES string of the molecule is COC(=O)[C@@H]1C[C@H](C(=O)NCc2ccc(OC)cc2)[C@H](c2ccccc2F)N1C. The number of nitrogens with zero attached hydrogens (tertiary/aromatic N) is 1. The summed E-state index contributed by atoms with van der Waals surface area (Å²) in [7, 11) is 4.62. The van der Waals surface area contributed by atoms with Crippen molar-refractivity contribution in [3.05, 3.63) is 65.5 Å². The van der Waals surface area contributed by atoms with Gasteiger partial charge in [0.1, 0.15) is 17.6 Å². The standard InChI is InChI=1S/C22H25FN2O4/c1-25-19(22(27)29-3)12-17(20(25)16-6-4-5-7-18(16)23)21(26)24-13-14-8-10-15(28-2)11-9-14/h4-11,17,19-20H,12-13H2,1-3H3,(H,24,26)/t17-,19-,20-/m0/s1. The van der Waals surface area contributed by atoms with Gasteiger partial charge in [0, 0.05) is 18.2 Å². The van der Waals surface area contributed by atoms with Crippen LogP contribution in [-0.4, -0.2) is 44.1 Å². The molecule has 3 atom stereocenters. The molecule has 154 valence electrons. The minimum atomic E-state index is -0.610. The number of methoxy groups -OCH3 is 2. The molecule has 1 fully saturated rings. The van der Waals surface area contributed by atoms with Gasteiger partial charge in [0.25, 0.3) is 0 Å². The smallest absolute Gasteiger partial charge is 0.323 e. The summed E-state index contributed by atoms with van der Waals surface area (Å²) in [6, 6.07) is 12.5. The third-order valence-electron chi connectivity index (χ3n) is 5.45. The molecule has 0 spiro atoms. The van der Waals surface area contributed by atoms with E-state index in [1.165, 1.54) is 13.2 Å². The number of esters is 1. The fourth-order valence-electron chi connectivity index (χ4n) is 3.88. The summed E-state index contributed by atoms with van der Waals surface area (Å²) in [5.74, 6) is -0.910. The lowest BCUT2D eigenvalue weighted by molar-refractivity contribution is -0.145. The lowest BCUT2D eigenvalue weighted by Crippen LogP contribution is -2.36. The third kappa shape index (κ3) is 4.40. The van der Waals surface area contributed by atoms with Crippen molar-refractivity contribution in [2.45, 2.75) is 25.0 Å². The number of hydrogen-bond acceptors (Lipinski definition) is 5. The molecule has 0 aromatic heterocycles. The molecular formula is C22H25FN2O4. The van der Waals surface area contributed by atoms with Gasteiger partial charge in [-0.15, -0.1) is 0 Å². The highest BCUT2D eigenvalue weighted by molar-refractivity contribution is 5.83. The highest BCUT2D eigenvalue weighted by atomic mass is 19.1. The van der Waals surface area contributed by atoms with Crippen LogP contribution in [-0.2, 0) is 20.9 Å². The average Bonchev–Trinajstić information content (AvgIpc) is 3.09. The Bertz CT molecular complexity index is 871. The Morgan fingerprint density at radius 2 is 1.83 bits per heavy atom. The van der Waals surface area contributed by atoms with Crippen molar-refractivity contribution in [2.75, 3.05) is 21.3 Å². The Kier molecular flexibility index (Phi) is 6.49. The lowest BCUT2D eigenvalue weighted by atomic mass is 9.92. The van der Waals surface area contributed by atoms with Crippen molar-refractivity contribution >= 4 is 11.9 Å². The molecule has 1 amide bonds. The molecule has 7 heteroatoms. The summed E-state index contributed by atoms with van der Waals surface area (Å²) in [5.41, 5.74) is 1.31. The lowest BCUT2D eigenvalue weighted by Gasteiger charge is -2.27. The van der Waals surface area contributed by atoms with Crippen molar-refractivity contribution in [1.29, 1.82) is 0 Å². The molecule has 1 saturated heterocycles. The van der Waals surface area contributed by atoms with Crippen LogP contribution in [0.1, 0.15) is 23.6 Å². The third-order valence-corrected chi connectivity index (χ3v) is 5.45. The fourth-order valence-corrected chi connectivity index (χ4v) is 3.88. The van der Waals surface area contributed by atoms with E-state index in [0.29, 0.717) is 12.1 Å². The molecule has 1 N–H and O–H groups in total. The monoisotopic (exact) mass is 400 g/mol. The molecule has 0 bridgehead atoms. The fraction of sp³-hybridized carbons (Fsp3) is 0.364. The summed E-state index contributed by atoms with van der Waals surface area (Å²) in [6.45, 7) is 0.329. The predicted molar refractivity (Wildman–Crippen MR) is 106 cm³/mol. The topological polar surface area (TPSA) is 67.9 Å². The number of benzene rings is 2. The van der Waals surface area contributed by atoms with E-state index in [1.54, 1.807) is 37.3 Å². The number of ether oxygens (including phenoxy) is 2. The van der Waals surface area contributed by atoms with Gasteiger partial charge < -0.3 is 14.8 Å². The molecule has 6 nitrogen and oxygen atoms in total. The Morgan fingerprint density at radius 1 is 1.14 bits per heavy atom. The summed E-state index contributed by atoms with van der Waals surface area (Å²) in [5, 5.41) is 2.91. The van der Waals surface area contributed by atoms with E-state index >= 15 is 0 Å². The molecule has 2 aromatic carbocycles. The molecule has 1 aliphatic rings. The van der Waals surface area contributed by atoms with Gasteiger partial charge in [-0.25, -0.2) is 4.39 Å². The first-order valence-corrected chi connectivity index (χ1v) is 9.41. The van der Waals surface area contributed by atoms with E-state index in [9.17, 15) is 14.0 Å². The highest BCUT2D eigenvalue weighted by Crippen LogP contribution is 2.41. The maximum absolute atomic E-state index is 14.5. The van der Waals surface area contributed by atoms with Crippen molar-refractivity contribution in [2.24, 2.45) is 5.92 Å². The maximum Gasteiger partial charge on any atom is 0.323 e. The van der Waals surface area contributed by atoms with Gasteiger partial charge in [0.2, 0.25) is 5.91 Å². The minimum Gasteiger partial charge on any atom is -0.497 e. The zero-order valence-corrected chi connectivity index (χ0v) is 16.7. The van der Waals surface area contributed by atoms with E-state index in [4.69, 9.17) is 9.47 Å². The van der Waals surface area contributed by atoms with Gasteiger partial charge >= 0.3 is 5.97 Å². The molecule has 0 saturated carbocycles. The molecule has 1 heterocycles. The van der Waals surface area contributed by atoms with Crippen LogP contribution in [0.2, 0.25) is 0 Å². The Balaban J connectivity index is 1.80. The van der Waals surface area contributed by atoms with Gasteiger partial charge in [-0.2, -0.15) is 0 Å². The summed E-state index contributed by atoms with van der Waals surface area (Å²) in [4.78, 5) is 26.9. The van der Waals surface area contributed by atoms with Crippen LogP contribution >= 0.6 is 0 Å². The van der Waals surface area contributed by atoms with Crippen LogP contribution in [0.4, 0.5) is 4.39 Å². The second kappa shape index (κ2) is 9.05. The number of likely N-dealkylation sites (tertiary alicyclic amines) is 1. The number of rotatable bonds is 6. The zero-order valence-electron chi connectivity index (χ0n) is 16.7. The molecule has 3 rings (SSSR count). The van der Waals surface area contributed by atoms with Gasteiger partial charge in [-0.05, 0) is 37.2 Å². The number of carbonyl (C=O) groups excluding carboxylic acids is 2. The van der Waals surface area contributed by atoms with Gasteiger partial charge in [0.05, 0.1) is 20.1 Å². The molecule has 2 aromatic rings. The second-order valence-electron chi connectivity index (χ2n) is 7.08. The number of halogens is 1. The number of likely N-dealkylation sites (N-methyl/N-ethyl adjacent to an activating group) is 1. The van der Waals surface area contributed by atoms with E-state index in [2.05, 4.69) is 5.32 Å². The summed E-state index contributed by atoms with van der Waals surface area (Å²) in [6.07, 6.45) is 0.261. The van der Waals surface area contributed by atoms with Gasteiger partial charge in [-0.1, -0.05) is 30.3 Å². The van der Waals surface area contributed by atoms with E-state index in [1.807, 2.05) is 24.3 Å². The second-order valence-corrected chi connectivity index (χ2v) is 7.08. The van der Waals surface area contributed by atoms with E-state index < -0.39 is 29.8 Å². The maximum atomic E-state index is 14.5. The van der Waals surface area contributed by atoms with Gasteiger partial charge in [-0.3, -0.25) is 14.5 Å². The van der Waals surface area contributed by atoms with Crippen LogP contribution in [0.15, 0.2) is 48.5 Å². The zero-order chi connectivity index (χ0) is 21.0. The molecule has 0 radical (unpaired) electrons. The summed E-state index contributed by atoms with van der Waals surface area (Å²) >= 11 is 0. The number of nitrogens with one attached hydrogen (secondary N) is 1. The Labute approximate surface area is 169 Å². The van der Waals surface area contributed by atoms with Gasteiger partial charge in [0.15, 0.2) is 0 Å². The quantitative estimate of drug-likeness (QED) is 0.756. The van der Waals surface area contributed by atoms with Crippen molar-refractivity contribution < 1.29 is 23.5 Å². The Morgan fingerprint density at radius 3 is 2.45 bits per heavy atom. The first kappa shape index (κ1) is 20.8. The predicted octanol–water partition coefficient (Wildman–Crippen LogP) is 2.69. The van der Waals surface area contributed by atoms with Crippen LogP contribution < -0.4 is 10.1 Å². The molecular weight excluding hydrogens is 375 g/mol. The summed E-state index contributed by atoms with van der Waals surface area (Å²) < 4.78 is 24.5. The first-order chi connectivity index (χ1) is 14.0.